The molecule has 12 heteroatoms. The third-order valence-electron chi connectivity index (χ3n) is 10.1. The molecule has 0 amide bonds. The zero-order valence-corrected chi connectivity index (χ0v) is 24.5. The number of halogens is 6. The van der Waals surface area contributed by atoms with Crippen molar-refractivity contribution in [2.45, 2.75) is 69.9 Å². The average molecular weight is 619 g/mol. The number of fused-ring (bicyclic) bond motifs is 3. The topological polar surface area (TPSA) is 71.2 Å². The maximum Gasteiger partial charge on any atom is 0.418 e. The van der Waals surface area contributed by atoms with Crippen molar-refractivity contribution in [3.63, 3.8) is 0 Å². The number of aromatic nitrogens is 3. The number of pyridine rings is 1. The molecule has 228 valence electrons. The van der Waals surface area contributed by atoms with Crippen molar-refractivity contribution in [3.05, 3.63) is 52.7 Å². The summed E-state index contributed by atoms with van der Waals surface area (Å²) in [6, 6.07) is 1.99. The van der Waals surface area contributed by atoms with Gasteiger partial charge in [-0.1, -0.05) is 37.1 Å². The number of nitrogen functional groups attached to an aromatic ring is 1. The van der Waals surface area contributed by atoms with E-state index in [0.717, 1.165) is 49.9 Å². The predicted octanol–water partition coefficient (Wildman–Crippen LogP) is 7.65. The second-order valence-corrected chi connectivity index (χ2v) is 13.2. The second-order valence-electron chi connectivity index (χ2n) is 12.8. The Bertz CT molecular complexity index is 1660. The van der Waals surface area contributed by atoms with Gasteiger partial charge in [-0.2, -0.15) is 13.2 Å². The first kappa shape index (κ1) is 28.7. The molecule has 3 unspecified atom stereocenters. The maximum atomic E-state index is 16.7. The van der Waals surface area contributed by atoms with Gasteiger partial charge in [0.1, 0.15) is 17.0 Å². The fraction of sp³-hybridized carbons (Fsp3) is 0.516. The summed E-state index contributed by atoms with van der Waals surface area (Å²) < 4.78 is 75.3. The SMILES string of the molecule is C=C1CN2CCC3(CC3)C2(c2nc(N3CCCCC(C)C3F)c3cnc(-c4cc(N)cc(Cl)c4C(F)(F)F)c(F)c3n2)C1. The summed E-state index contributed by atoms with van der Waals surface area (Å²) >= 11 is 6.00. The van der Waals surface area contributed by atoms with E-state index in [9.17, 15) is 13.2 Å². The molecular weight excluding hydrogens is 587 g/mol. The molecular formula is C31H32ClF5N6. The van der Waals surface area contributed by atoms with Crippen molar-refractivity contribution in [1.29, 1.82) is 0 Å². The largest absolute Gasteiger partial charge is 0.418 e. The molecule has 2 N–H and O–H groups in total. The summed E-state index contributed by atoms with van der Waals surface area (Å²) in [5, 5.41) is -0.514. The minimum Gasteiger partial charge on any atom is -0.399 e. The third-order valence-corrected chi connectivity index (χ3v) is 10.4. The molecule has 3 atom stereocenters. The Morgan fingerprint density at radius 2 is 1.88 bits per heavy atom. The second kappa shape index (κ2) is 9.72. The van der Waals surface area contributed by atoms with Crippen LogP contribution in [0.25, 0.3) is 22.2 Å². The van der Waals surface area contributed by atoms with Crippen LogP contribution in [-0.4, -0.2) is 45.8 Å². The smallest absolute Gasteiger partial charge is 0.399 e. The number of nitrogens with zero attached hydrogens (tertiary/aromatic N) is 5. The van der Waals surface area contributed by atoms with Gasteiger partial charge in [0, 0.05) is 43.0 Å². The summed E-state index contributed by atoms with van der Waals surface area (Å²) in [7, 11) is 0. The van der Waals surface area contributed by atoms with E-state index in [4.69, 9.17) is 27.3 Å². The van der Waals surface area contributed by atoms with Gasteiger partial charge in [0.05, 0.1) is 21.5 Å². The lowest BCUT2D eigenvalue weighted by molar-refractivity contribution is -0.137. The molecule has 3 aliphatic heterocycles. The molecule has 4 fully saturated rings. The van der Waals surface area contributed by atoms with Crippen LogP contribution in [-0.2, 0) is 11.7 Å². The average Bonchev–Trinajstić information content (AvgIpc) is 3.61. The van der Waals surface area contributed by atoms with Crippen LogP contribution in [0.2, 0.25) is 5.02 Å². The van der Waals surface area contributed by atoms with Crippen LogP contribution >= 0.6 is 11.6 Å². The number of anilines is 2. The predicted molar refractivity (Wildman–Crippen MR) is 156 cm³/mol. The number of rotatable bonds is 3. The minimum absolute atomic E-state index is 0.0715. The Kier molecular flexibility index (Phi) is 6.49. The quantitative estimate of drug-likeness (QED) is 0.141. The molecule has 7 rings (SSSR count). The molecule has 6 nitrogen and oxygen atoms in total. The lowest BCUT2D eigenvalue weighted by Crippen LogP contribution is -2.44. The molecule has 43 heavy (non-hydrogen) atoms. The van der Waals surface area contributed by atoms with Crippen molar-refractivity contribution in [2.24, 2.45) is 11.3 Å². The van der Waals surface area contributed by atoms with Gasteiger partial charge in [0.2, 0.25) is 0 Å². The summed E-state index contributed by atoms with van der Waals surface area (Å²) in [4.78, 5) is 17.8. The summed E-state index contributed by atoms with van der Waals surface area (Å²) in [5.74, 6) is -0.768. The Balaban J connectivity index is 1.52. The van der Waals surface area contributed by atoms with Gasteiger partial charge in [-0.3, -0.25) is 9.88 Å². The van der Waals surface area contributed by atoms with Crippen LogP contribution in [0.1, 0.15) is 63.3 Å². The van der Waals surface area contributed by atoms with Crippen LogP contribution < -0.4 is 10.6 Å². The summed E-state index contributed by atoms with van der Waals surface area (Å²) in [5.41, 5.74) is 3.47. The fourth-order valence-electron chi connectivity index (χ4n) is 7.83. The fourth-order valence-corrected chi connectivity index (χ4v) is 8.17. The van der Waals surface area contributed by atoms with E-state index in [-0.39, 0.29) is 33.7 Å². The van der Waals surface area contributed by atoms with E-state index in [1.54, 1.807) is 4.90 Å². The van der Waals surface area contributed by atoms with Crippen LogP contribution in [0.3, 0.4) is 0 Å². The first-order valence-corrected chi connectivity index (χ1v) is 15.1. The van der Waals surface area contributed by atoms with Gasteiger partial charge < -0.3 is 10.6 Å². The standard InChI is InChI=1S/C31H32ClF5N6/c1-16-13-30(29(6-7-29)8-10-42(30)15-16)28-40-25-20(27(41-28)43-9-4-3-5-17(2)26(43)34)14-39-24(23(25)33)19-11-18(38)12-21(32)22(19)31(35,36)37/h11-12,14,17,26H,1,3-10,13,15,38H2,2H3. The molecule has 1 saturated carbocycles. The molecule has 1 spiro atoms. The molecule has 2 aromatic heterocycles. The van der Waals surface area contributed by atoms with Gasteiger partial charge in [0.15, 0.2) is 17.9 Å². The Morgan fingerprint density at radius 3 is 2.60 bits per heavy atom. The molecule has 0 bridgehead atoms. The van der Waals surface area contributed by atoms with Gasteiger partial charge in [-0.25, -0.2) is 18.7 Å². The number of hydrogen-bond donors (Lipinski definition) is 1. The van der Waals surface area contributed by atoms with Crippen molar-refractivity contribution in [1.82, 2.24) is 19.9 Å². The van der Waals surface area contributed by atoms with Crippen molar-refractivity contribution < 1.29 is 22.0 Å². The highest BCUT2D eigenvalue weighted by Crippen LogP contribution is 2.70. The van der Waals surface area contributed by atoms with Crippen LogP contribution in [0.5, 0.6) is 0 Å². The number of hydrogen-bond acceptors (Lipinski definition) is 6. The highest BCUT2D eigenvalue weighted by Gasteiger charge is 2.69. The van der Waals surface area contributed by atoms with Gasteiger partial charge in [-0.15, -0.1) is 0 Å². The molecule has 4 aliphatic rings. The van der Waals surface area contributed by atoms with E-state index < -0.39 is 45.7 Å². The molecule has 1 aliphatic carbocycles. The van der Waals surface area contributed by atoms with Gasteiger partial charge >= 0.3 is 6.18 Å². The Hall–Kier alpha value is -3.05. The van der Waals surface area contributed by atoms with Crippen LogP contribution in [0, 0.1) is 17.2 Å². The highest BCUT2D eigenvalue weighted by molar-refractivity contribution is 6.32. The van der Waals surface area contributed by atoms with Crippen LogP contribution in [0.15, 0.2) is 30.5 Å². The zero-order chi connectivity index (χ0) is 30.5. The van der Waals surface area contributed by atoms with E-state index in [2.05, 4.69) is 16.5 Å². The van der Waals surface area contributed by atoms with Crippen molar-refractivity contribution >= 4 is 34.0 Å². The van der Waals surface area contributed by atoms with E-state index in [1.807, 2.05) is 6.92 Å². The first-order chi connectivity index (χ1) is 20.4. The summed E-state index contributed by atoms with van der Waals surface area (Å²) in [6.45, 7) is 7.91. The molecule has 5 heterocycles. The van der Waals surface area contributed by atoms with E-state index in [1.165, 1.54) is 6.20 Å². The monoisotopic (exact) mass is 618 g/mol. The number of benzene rings is 1. The first-order valence-electron chi connectivity index (χ1n) is 14.7. The molecule has 3 saturated heterocycles. The highest BCUT2D eigenvalue weighted by atomic mass is 35.5. The van der Waals surface area contributed by atoms with Crippen LogP contribution in [0.4, 0.5) is 33.5 Å². The van der Waals surface area contributed by atoms with E-state index in [0.29, 0.717) is 38.2 Å². The van der Waals surface area contributed by atoms with Crippen molar-refractivity contribution in [2.75, 3.05) is 30.3 Å². The molecule has 1 aromatic carbocycles. The lowest BCUT2D eigenvalue weighted by atomic mass is 9.78. The van der Waals surface area contributed by atoms with Gasteiger partial charge in [-0.05, 0) is 56.1 Å². The third kappa shape index (κ3) is 4.24. The summed E-state index contributed by atoms with van der Waals surface area (Å²) in [6.07, 6.45) is 0.656. The Morgan fingerprint density at radius 1 is 1.12 bits per heavy atom. The number of nitrogens with two attached hydrogens (primary N) is 1. The van der Waals surface area contributed by atoms with E-state index >= 15 is 8.78 Å². The minimum atomic E-state index is -4.90. The maximum absolute atomic E-state index is 16.7. The van der Waals surface area contributed by atoms with Gasteiger partial charge in [0.25, 0.3) is 0 Å². The molecule has 3 aromatic rings. The molecule has 0 radical (unpaired) electrons. The zero-order valence-electron chi connectivity index (χ0n) is 23.7. The Labute approximate surface area is 251 Å². The normalized spacial score (nSPS) is 27.2. The number of alkyl halides is 4. The lowest BCUT2D eigenvalue weighted by Gasteiger charge is -2.37. The van der Waals surface area contributed by atoms with Crippen molar-refractivity contribution in [3.8, 4) is 11.3 Å².